The van der Waals surface area contributed by atoms with Crippen molar-refractivity contribution < 1.29 is 4.79 Å². The molecule has 1 unspecified atom stereocenters. The molecule has 0 saturated heterocycles. The van der Waals surface area contributed by atoms with Crippen LogP contribution in [-0.2, 0) is 4.79 Å². The van der Waals surface area contributed by atoms with Crippen LogP contribution in [0.15, 0.2) is 24.5 Å². The third-order valence-corrected chi connectivity index (χ3v) is 2.02. The van der Waals surface area contributed by atoms with Gasteiger partial charge in [0.25, 0.3) is 0 Å². The van der Waals surface area contributed by atoms with E-state index in [4.69, 9.17) is 0 Å². The van der Waals surface area contributed by atoms with Crippen LogP contribution in [0.5, 0.6) is 0 Å². The van der Waals surface area contributed by atoms with Crippen molar-refractivity contribution in [2.75, 3.05) is 0 Å². The van der Waals surface area contributed by atoms with Gasteiger partial charge < -0.3 is 4.79 Å². The smallest absolute Gasteiger partial charge is 0.127 e. The maximum absolute atomic E-state index is 10.8. The quantitative estimate of drug-likeness (QED) is 0.661. The average molecular weight is 177 g/mol. The Morgan fingerprint density at radius 1 is 1.38 bits per heavy atom. The van der Waals surface area contributed by atoms with Crippen molar-refractivity contribution in [1.29, 1.82) is 0 Å². The largest absolute Gasteiger partial charge is 0.303 e. The second-order valence-electron chi connectivity index (χ2n) is 3.65. The summed E-state index contributed by atoms with van der Waals surface area (Å²) in [7, 11) is 0. The zero-order chi connectivity index (χ0) is 9.68. The Labute approximate surface area is 79.0 Å². The van der Waals surface area contributed by atoms with Crippen LogP contribution in [0.4, 0.5) is 0 Å². The molecule has 0 aliphatic heterocycles. The fraction of sp³-hybridized carbons (Fsp3) is 0.455. The summed E-state index contributed by atoms with van der Waals surface area (Å²) in [6.45, 7) is 4.25. The Bertz CT molecular complexity index is 256. The van der Waals surface area contributed by atoms with E-state index in [0.717, 1.165) is 18.3 Å². The van der Waals surface area contributed by atoms with Crippen LogP contribution in [0.3, 0.4) is 0 Å². The molecule has 0 radical (unpaired) electrons. The first-order valence-corrected chi connectivity index (χ1v) is 4.59. The molecule has 0 amide bonds. The summed E-state index contributed by atoms with van der Waals surface area (Å²) in [5, 5.41) is 0. The number of pyridine rings is 1. The molecule has 1 rings (SSSR count). The molecule has 70 valence electrons. The molecule has 1 aromatic heterocycles. The van der Waals surface area contributed by atoms with Gasteiger partial charge in [-0.05, 0) is 30.0 Å². The van der Waals surface area contributed by atoms with Crippen molar-refractivity contribution >= 4 is 6.29 Å². The molecule has 0 saturated carbocycles. The Morgan fingerprint density at radius 2 is 2.00 bits per heavy atom. The molecule has 0 aliphatic carbocycles. The lowest BCUT2D eigenvalue weighted by Crippen LogP contribution is -2.04. The highest BCUT2D eigenvalue weighted by Crippen LogP contribution is 2.20. The topological polar surface area (TPSA) is 30.0 Å². The van der Waals surface area contributed by atoms with Gasteiger partial charge in [-0.3, -0.25) is 4.98 Å². The number of carbonyl (C=O) groups is 1. The average Bonchev–Trinajstić information content (AvgIpc) is 2.15. The minimum Gasteiger partial charge on any atom is -0.303 e. The highest BCUT2D eigenvalue weighted by Gasteiger charge is 2.11. The van der Waals surface area contributed by atoms with E-state index in [1.165, 1.54) is 0 Å². The van der Waals surface area contributed by atoms with Gasteiger partial charge in [-0.2, -0.15) is 0 Å². The summed E-state index contributed by atoms with van der Waals surface area (Å²) in [6, 6.07) is 3.81. The third kappa shape index (κ3) is 2.98. The Hall–Kier alpha value is -1.18. The summed E-state index contributed by atoms with van der Waals surface area (Å²) in [5.74, 6) is 0.575. The van der Waals surface area contributed by atoms with E-state index in [0.29, 0.717) is 5.92 Å². The van der Waals surface area contributed by atoms with E-state index in [1.54, 1.807) is 12.4 Å². The predicted molar refractivity (Wildman–Crippen MR) is 52.5 cm³/mol. The molecule has 13 heavy (non-hydrogen) atoms. The summed E-state index contributed by atoms with van der Waals surface area (Å²) in [6.07, 6.45) is 5.39. The maximum Gasteiger partial charge on any atom is 0.127 e. The van der Waals surface area contributed by atoms with E-state index in [1.807, 2.05) is 12.1 Å². The fourth-order valence-corrected chi connectivity index (χ4v) is 1.39. The summed E-state index contributed by atoms with van der Waals surface area (Å²) in [4.78, 5) is 14.7. The van der Waals surface area contributed by atoms with Crippen LogP contribution in [0.1, 0.15) is 31.7 Å². The first kappa shape index (κ1) is 9.90. The van der Waals surface area contributed by atoms with Crippen molar-refractivity contribution in [2.24, 2.45) is 5.92 Å². The molecule has 1 heterocycles. The molecule has 0 aromatic carbocycles. The molecule has 0 aliphatic rings. The van der Waals surface area contributed by atoms with Gasteiger partial charge in [0.05, 0.1) is 0 Å². The second-order valence-corrected chi connectivity index (χ2v) is 3.65. The summed E-state index contributed by atoms with van der Waals surface area (Å²) in [5.41, 5.74) is 1.07. The normalized spacial score (nSPS) is 12.8. The monoisotopic (exact) mass is 177 g/mol. The van der Waals surface area contributed by atoms with Crippen molar-refractivity contribution in [1.82, 2.24) is 4.98 Å². The molecular formula is C11H15NO. The molecule has 0 bridgehead atoms. The minimum absolute atomic E-state index is 0.0306. The zero-order valence-electron chi connectivity index (χ0n) is 8.10. The first-order chi connectivity index (χ1) is 6.24. The Kier molecular flexibility index (Phi) is 3.62. The van der Waals surface area contributed by atoms with Crippen LogP contribution in [0.25, 0.3) is 0 Å². The fourth-order valence-electron chi connectivity index (χ4n) is 1.39. The van der Waals surface area contributed by atoms with Gasteiger partial charge in [-0.1, -0.05) is 13.8 Å². The molecule has 0 N–H and O–H groups in total. The van der Waals surface area contributed by atoms with Crippen molar-refractivity contribution in [2.45, 2.75) is 26.2 Å². The van der Waals surface area contributed by atoms with Crippen LogP contribution in [0.2, 0.25) is 0 Å². The van der Waals surface area contributed by atoms with Crippen LogP contribution >= 0.6 is 0 Å². The molecule has 1 atom stereocenters. The van der Waals surface area contributed by atoms with Gasteiger partial charge in [0.15, 0.2) is 0 Å². The minimum atomic E-state index is 0.0306. The van der Waals surface area contributed by atoms with Crippen molar-refractivity contribution in [3.8, 4) is 0 Å². The van der Waals surface area contributed by atoms with E-state index >= 15 is 0 Å². The number of nitrogens with zero attached hydrogens (tertiary/aromatic N) is 1. The summed E-state index contributed by atoms with van der Waals surface area (Å²) >= 11 is 0. The number of aldehydes is 1. The molecule has 0 spiro atoms. The molecule has 0 fully saturated rings. The van der Waals surface area contributed by atoms with Crippen LogP contribution < -0.4 is 0 Å². The van der Waals surface area contributed by atoms with E-state index in [9.17, 15) is 4.79 Å². The summed E-state index contributed by atoms with van der Waals surface area (Å²) < 4.78 is 0. The first-order valence-electron chi connectivity index (χ1n) is 4.59. The zero-order valence-corrected chi connectivity index (χ0v) is 8.10. The number of aromatic nitrogens is 1. The van der Waals surface area contributed by atoms with Crippen LogP contribution in [-0.4, -0.2) is 11.3 Å². The predicted octanol–water partition coefficient (Wildman–Crippen LogP) is 2.41. The third-order valence-electron chi connectivity index (χ3n) is 2.02. The van der Waals surface area contributed by atoms with Gasteiger partial charge in [-0.25, -0.2) is 0 Å². The lowest BCUT2D eigenvalue weighted by Gasteiger charge is -2.12. The number of hydrogen-bond donors (Lipinski definition) is 0. The van der Waals surface area contributed by atoms with Gasteiger partial charge in [0, 0.05) is 18.3 Å². The van der Waals surface area contributed by atoms with Gasteiger partial charge in [-0.15, -0.1) is 0 Å². The number of carbonyl (C=O) groups excluding carboxylic acids is 1. The van der Waals surface area contributed by atoms with Gasteiger partial charge in [0.1, 0.15) is 6.29 Å². The number of rotatable bonds is 4. The van der Waals surface area contributed by atoms with Gasteiger partial charge in [0.2, 0.25) is 0 Å². The van der Waals surface area contributed by atoms with E-state index < -0.39 is 0 Å². The Morgan fingerprint density at radius 3 is 2.46 bits per heavy atom. The molecular weight excluding hydrogens is 162 g/mol. The van der Waals surface area contributed by atoms with Gasteiger partial charge >= 0.3 is 0 Å². The number of hydrogen-bond acceptors (Lipinski definition) is 2. The SMILES string of the molecule is CC(C)CC(C=O)c1ccncc1. The molecule has 2 nitrogen and oxygen atoms in total. The molecule has 1 aromatic rings. The van der Waals surface area contributed by atoms with Crippen molar-refractivity contribution in [3.05, 3.63) is 30.1 Å². The highest BCUT2D eigenvalue weighted by atomic mass is 16.1. The lowest BCUT2D eigenvalue weighted by molar-refractivity contribution is -0.109. The maximum atomic E-state index is 10.8. The van der Waals surface area contributed by atoms with Crippen LogP contribution in [0, 0.1) is 5.92 Å². The Balaban J connectivity index is 2.73. The molecule has 2 heteroatoms. The van der Waals surface area contributed by atoms with E-state index in [-0.39, 0.29) is 5.92 Å². The lowest BCUT2D eigenvalue weighted by atomic mass is 9.92. The standard InChI is InChI=1S/C11H15NO/c1-9(2)7-11(8-13)10-3-5-12-6-4-10/h3-6,8-9,11H,7H2,1-2H3. The second kappa shape index (κ2) is 4.75. The van der Waals surface area contributed by atoms with Crippen molar-refractivity contribution in [3.63, 3.8) is 0 Å². The highest BCUT2D eigenvalue weighted by molar-refractivity contribution is 5.61. The van der Waals surface area contributed by atoms with E-state index in [2.05, 4.69) is 18.8 Å².